The summed E-state index contributed by atoms with van der Waals surface area (Å²) in [6.07, 6.45) is 0.519. The minimum atomic E-state index is 0.0196. The van der Waals surface area contributed by atoms with Crippen LogP contribution >= 0.6 is 11.6 Å². The van der Waals surface area contributed by atoms with E-state index in [4.69, 9.17) is 26.8 Å². The van der Waals surface area contributed by atoms with E-state index in [9.17, 15) is 4.91 Å². The molecular weight excluding hydrogens is 430 g/mol. The number of nitrogen functional groups attached to an aromatic ring is 1. The molecule has 0 saturated heterocycles. The van der Waals surface area contributed by atoms with Gasteiger partial charge in [-0.15, -0.1) is 0 Å². The highest BCUT2D eigenvalue weighted by molar-refractivity contribution is 6.35. The summed E-state index contributed by atoms with van der Waals surface area (Å²) in [4.78, 5) is 23.4. The van der Waals surface area contributed by atoms with E-state index in [1.54, 1.807) is 12.1 Å². The Hall–Kier alpha value is -3.62. The average molecular weight is 448 g/mol. The summed E-state index contributed by atoms with van der Waals surface area (Å²) in [5.74, 6) is 0.866. The number of rotatable bonds is 6. The number of anilines is 1. The van der Waals surface area contributed by atoms with Crippen LogP contribution in [0.15, 0.2) is 53.7 Å². The Balaban J connectivity index is 1.57. The van der Waals surface area contributed by atoms with Crippen molar-refractivity contribution in [3.05, 3.63) is 75.2 Å². The largest absolute Gasteiger partial charge is 0.424 e. The molecule has 5 rings (SSSR count). The van der Waals surface area contributed by atoms with Crippen LogP contribution in [0.3, 0.4) is 0 Å². The van der Waals surface area contributed by atoms with Gasteiger partial charge in [-0.2, -0.15) is 19.9 Å². The number of hydrogen-bond acceptors (Lipinski definition) is 8. The Morgan fingerprint density at radius 1 is 1.06 bits per heavy atom. The molecule has 0 radical (unpaired) electrons. The number of hydrogen-bond donors (Lipinski definition) is 1. The first-order valence-electron chi connectivity index (χ1n) is 10.0. The van der Waals surface area contributed by atoms with Crippen LogP contribution in [0.2, 0.25) is 5.02 Å². The zero-order chi connectivity index (χ0) is 22.1. The van der Waals surface area contributed by atoms with Gasteiger partial charge < -0.3 is 15.2 Å². The van der Waals surface area contributed by atoms with E-state index in [-0.39, 0.29) is 18.5 Å². The highest BCUT2D eigenvalue weighted by Crippen LogP contribution is 2.40. The van der Waals surface area contributed by atoms with E-state index < -0.39 is 0 Å². The number of nitrogens with zero attached hydrogens (tertiary/aromatic N) is 4. The number of benzene rings is 3. The molecule has 0 saturated carbocycles. The van der Waals surface area contributed by atoms with Crippen LogP contribution in [0.1, 0.15) is 16.7 Å². The van der Waals surface area contributed by atoms with Gasteiger partial charge in [-0.3, -0.25) is 0 Å². The molecule has 0 bridgehead atoms. The maximum Gasteiger partial charge on any atom is 0.327 e. The van der Waals surface area contributed by atoms with Crippen LogP contribution in [0, 0.1) is 4.91 Å². The summed E-state index contributed by atoms with van der Waals surface area (Å²) in [6, 6.07) is 15.2. The Kier molecular flexibility index (Phi) is 5.38. The molecular formula is C23H18ClN5O3. The predicted molar refractivity (Wildman–Crippen MR) is 122 cm³/mol. The maximum absolute atomic E-state index is 10.4. The third-order valence-corrected chi connectivity index (χ3v) is 5.55. The highest BCUT2D eigenvalue weighted by Gasteiger charge is 2.21. The molecule has 0 fully saturated rings. The van der Waals surface area contributed by atoms with Gasteiger partial charge in [0.15, 0.2) is 5.82 Å². The number of halogens is 1. The van der Waals surface area contributed by atoms with Crippen molar-refractivity contribution >= 4 is 28.3 Å². The summed E-state index contributed by atoms with van der Waals surface area (Å²) in [7, 11) is 0. The number of ether oxygens (including phenoxy) is 2. The van der Waals surface area contributed by atoms with Crippen molar-refractivity contribution < 1.29 is 9.47 Å². The molecule has 0 spiro atoms. The second-order valence-corrected chi connectivity index (χ2v) is 7.78. The Morgan fingerprint density at radius 3 is 2.78 bits per heavy atom. The van der Waals surface area contributed by atoms with Crippen molar-refractivity contribution in [2.45, 2.75) is 19.6 Å². The third kappa shape index (κ3) is 3.86. The number of nitrogens with two attached hydrogens (primary N) is 1. The summed E-state index contributed by atoms with van der Waals surface area (Å²) in [5, 5.41) is 5.41. The van der Waals surface area contributed by atoms with Crippen LogP contribution in [0.5, 0.6) is 11.8 Å². The summed E-state index contributed by atoms with van der Waals surface area (Å²) in [6.45, 7) is 1.23. The van der Waals surface area contributed by atoms with Crippen LogP contribution in [-0.4, -0.2) is 21.5 Å². The summed E-state index contributed by atoms with van der Waals surface area (Å²) in [5.41, 5.74) is 9.67. The van der Waals surface area contributed by atoms with Gasteiger partial charge in [0, 0.05) is 5.56 Å². The first-order chi connectivity index (χ1) is 15.6. The molecule has 1 aliphatic heterocycles. The smallest absolute Gasteiger partial charge is 0.327 e. The monoisotopic (exact) mass is 447 g/mol. The van der Waals surface area contributed by atoms with Crippen molar-refractivity contribution in [3.63, 3.8) is 0 Å². The molecule has 3 aromatic carbocycles. The van der Waals surface area contributed by atoms with Crippen molar-refractivity contribution in [3.8, 4) is 23.1 Å². The van der Waals surface area contributed by atoms with Gasteiger partial charge in [0.25, 0.3) is 0 Å². The van der Waals surface area contributed by atoms with Gasteiger partial charge in [0.05, 0.1) is 24.8 Å². The lowest BCUT2D eigenvalue weighted by atomic mass is 9.94. The van der Waals surface area contributed by atoms with Crippen LogP contribution in [0.4, 0.5) is 5.95 Å². The second-order valence-electron chi connectivity index (χ2n) is 7.38. The minimum Gasteiger partial charge on any atom is -0.424 e. The van der Waals surface area contributed by atoms with Crippen molar-refractivity contribution in [2.75, 3.05) is 12.3 Å². The van der Waals surface area contributed by atoms with Crippen LogP contribution < -0.4 is 10.5 Å². The Morgan fingerprint density at radius 2 is 1.91 bits per heavy atom. The lowest BCUT2D eigenvalue weighted by molar-refractivity contribution is 0.103. The third-order valence-electron chi connectivity index (χ3n) is 5.25. The molecule has 2 heterocycles. The van der Waals surface area contributed by atoms with Crippen molar-refractivity contribution in [1.82, 2.24) is 15.0 Å². The summed E-state index contributed by atoms with van der Waals surface area (Å²) < 4.78 is 11.5. The Labute approximate surface area is 188 Å². The number of nitroso groups, excluding NO2 is 1. The fourth-order valence-electron chi connectivity index (χ4n) is 3.92. The standard InChI is InChI=1S/C23H18ClN5O3/c24-18-10-15-12-31-11-14-4-2-6-17(19(14)15)20(18)21-27-22(25)29-23(28-21)32-16-5-1-3-13(9-16)7-8-26-30/h1-6,9-10H,7-8,11-12H2,(H2,25,27,28,29). The molecule has 1 aliphatic rings. The molecule has 160 valence electrons. The molecule has 0 amide bonds. The maximum atomic E-state index is 10.4. The Bertz CT molecular complexity index is 1350. The first-order valence-corrected chi connectivity index (χ1v) is 10.4. The molecule has 9 heteroatoms. The lowest BCUT2D eigenvalue weighted by Gasteiger charge is -2.20. The van der Waals surface area contributed by atoms with Gasteiger partial charge >= 0.3 is 6.01 Å². The molecule has 0 unspecified atom stereocenters. The van der Waals surface area contributed by atoms with Gasteiger partial charge in [0.2, 0.25) is 5.95 Å². The quantitative estimate of drug-likeness (QED) is 0.411. The number of aromatic nitrogens is 3. The van der Waals surface area contributed by atoms with Gasteiger partial charge in [-0.25, -0.2) is 0 Å². The van der Waals surface area contributed by atoms with E-state index in [0.717, 1.165) is 27.5 Å². The fourth-order valence-corrected chi connectivity index (χ4v) is 4.24. The van der Waals surface area contributed by atoms with E-state index in [0.29, 0.717) is 41.8 Å². The van der Waals surface area contributed by atoms with Crippen LogP contribution in [0.25, 0.3) is 22.2 Å². The van der Waals surface area contributed by atoms with Crippen molar-refractivity contribution in [2.24, 2.45) is 5.18 Å². The SMILES string of the molecule is Nc1nc(Oc2cccc(CCN=O)c2)nc(-c2c(Cl)cc3c4c(cccc24)COC3)n1. The summed E-state index contributed by atoms with van der Waals surface area (Å²) >= 11 is 6.66. The molecule has 0 atom stereocenters. The van der Waals surface area contributed by atoms with E-state index in [2.05, 4.69) is 20.1 Å². The molecule has 32 heavy (non-hydrogen) atoms. The zero-order valence-corrected chi connectivity index (χ0v) is 17.7. The predicted octanol–water partition coefficient (Wildman–Crippen LogP) is 5.06. The molecule has 2 N–H and O–H groups in total. The zero-order valence-electron chi connectivity index (χ0n) is 16.9. The average Bonchev–Trinajstić information content (AvgIpc) is 2.78. The molecule has 4 aromatic rings. The topological polar surface area (TPSA) is 113 Å². The fraction of sp³-hybridized carbons (Fsp3) is 0.174. The van der Waals surface area contributed by atoms with E-state index in [1.807, 2.05) is 36.4 Å². The normalized spacial score (nSPS) is 12.7. The van der Waals surface area contributed by atoms with Gasteiger partial charge in [-0.05, 0) is 52.1 Å². The van der Waals surface area contributed by atoms with Crippen LogP contribution in [-0.2, 0) is 24.4 Å². The van der Waals surface area contributed by atoms with Gasteiger partial charge in [0.1, 0.15) is 5.75 Å². The second kappa shape index (κ2) is 8.49. The lowest BCUT2D eigenvalue weighted by Crippen LogP contribution is -2.07. The molecule has 1 aromatic heterocycles. The molecule has 0 aliphatic carbocycles. The van der Waals surface area contributed by atoms with Crippen molar-refractivity contribution in [1.29, 1.82) is 0 Å². The minimum absolute atomic E-state index is 0.0196. The van der Waals surface area contributed by atoms with E-state index >= 15 is 0 Å². The highest BCUT2D eigenvalue weighted by atomic mass is 35.5. The first kappa shape index (κ1) is 20.3. The molecule has 8 nitrogen and oxygen atoms in total. The van der Waals surface area contributed by atoms with E-state index in [1.165, 1.54) is 0 Å². The van der Waals surface area contributed by atoms with Gasteiger partial charge in [-0.1, -0.05) is 47.1 Å².